The van der Waals surface area contributed by atoms with E-state index in [1.165, 1.54) is 5.56 Å². The molecule has 0 aromatic heterocycles. The fourth-order valence-electron chi connectivity index (χ4n) is 1.57. The zero-order chi connectivity index (χ0) is 12.7. The Bertz CT molecular complexity index is 366. The molecule has 0 saturated carbocycles. The summed E-state index contributed by atoms with van der Waals surface area (Å²) in [5, 5.41) is 14.2. The third-order valence-corrected chi connectivity index (χ3v) is 2.59. The average Bonchev–Trinajstić information content (AvgIpc) is 2.36. The Kier molecular flexibility index (Phi) is 5.49. The lowest BCUT2D eigenvalue weighted by atomic mass is 10.1. The number of benzene rings is 1. The van der Waals surface area contributed by atoms with Crippen LogP contribution < -0.4 is 10.6 Å². The van der Waals surface area contributed by atoms with Gasteiger partial charge in [0.2, 0.25) is 0 Å². The highest BCUT2D eigenvalue weighted by molar-refractivity contribution is 5.74. The molecule has 1 atom stereocenters. The van der Waals surface area contributed by atoms with Gasteiger partial charge in [-0.1, -0.05) is 31.2 Å². The number of carbonyl (C=O) groups excluding carboxylic acids is 1. The maximum atomic E-state index is 11.5. The van der Waals surface area contributed by atoms with Gasteiger partial charge in [0.25, 0.3) is 0 Å². The molecule has 1 unspecified atom stereocenters. The van der Waals surface area contributed by atoms with Gasteiger partial charge in [-0.2, -0.15) is 0 Å². The molecule has 4 nitrogen and oxygen atoms in total. The molecule has 17 heavy (non-hydrogen) atoms. The highest BCUT2D eigenvalue weighted by atomic mass is 16.3. The highest BCUT2D eigenvalue weighted by Crippen LogP contribution is 2.08. The first-order valence-corrected chi connectivity index (χ1v) is 5.89. The van der Waals surface area contributed by atoms with Crippen LogP contribution in [-0.2, 0) is 13.0 Å². The second-order valence-corrected chi connectivity index (χ2v) is 4.03. The van der Waals surface area contributed by atoms with Crippen molar-refractivity contribution in [1.82, 2.24) is 10.6 Å². The van der Waals surface area contributed by atoms with Crippen LogP contribution >= 0.6 is 0 Å². The lowest BCUT2D eigenvalue weighted by Gasteiger charge is -2.13. The lowest BCUT2D eigenvalue weighted by Crippen LogP contribution is -2.42. The number of hydrogen-bond donors (Lipinski definition) is 3. The van der Waals surface area contributed by atoms with E-state index in [2.05, 4.69) is 23.6 Å². The second-order valence-electron chi connectivity index (χ2n) is 4.03. The van der Waals surface area contributed by atoms with E-state index < -0.39 is 0 Å². The monoisotopic (exact) mass is 236 g/mol. The summed E-state index contributed by atoms with van der Waals surface area (Å²) in [6, 6.07) is 7.55. The predicted molar refractivity (Wildman–Crippen MR) is 67.7 cm³/mol. The van der Waals surface area contributed by atoms with Gasteiger partial charge in [0.05, 0.1) is 12.6 Å². The molecule has 0 spiro atoms. The summed E-state index contributed by atoms with van der Waals surface area (Å²) in [5.41, 5.74) is 2.37. The quantitative estimate of drug-likeness (QED) is 0.724. The van der Waals surface area contributed by atoms with Crippen LogP contribution in [0.3, 0.4) is 0 Å². The zero-order valence-electron chi connectivity index (χ0n) is 10.4. The molecule has 0 aliphatic heterocycles. The Hall–Kier alpha value is -1.55. The number of carbonyl (C=O) groups is 1. The summed E-state index contributed by atoms with van der Waals surface area (Å²) in [6.45, 7) is 4.29. The molecule has 3 N–H and O–H groups in total. The van der Waals surface area contributed by atoms with Crippen molar-refractivity contribution in [2.75, 3.05) is 6.61 Å². The number of hydrogen-bond acceptors (Lipinski definition) is 2. The third kappa shape index (κ3) is 4.44. The van der Waals surface area contributed by atoms with E-state index in [1.54, 1.807) is 6.92 Å². The minimum atomic E-state index is -0.252. The van der Waals surface area contributed by atoms with Gasteiger partial charge in [0.15, 0.2) is 0 Å². The SMILES string of the molecule is CCc1ccccc1CNC(=O)NC(C)CO. The van der Waals surface area contributed by atoms with Crippen LogP contribution in [0.4, 0.5) is 4.79 Å². The summed E-state index contributed by atoms with van der Waals surface area (Å²) in [7, 11) is 0. The molecule has 0 aliphatic rings. The average molecular weight is 236 g/mol. The van der Waals surface area contributed by atoms with Crippen LogP contribution in [0.2, 0.25) is 0 Å². The van der Waals surface area contributed by atoms with Crippen molar-refractivity contribution < 1.29 is 9.90 Å². The van der Waals surface area contributed by atoms with Gasteiger partial charge in [-0.05, 0) is 24.5 Å². The molecule has 0 heterocycles. The fraction of sp³-hybridized carbons (Fsp3) is 0.462. The molecule has 1 rings (SSSR count). The smallest absolute Gasteiger partial charge is 0.315 e. The van der Waals surface area contributed by atoms with Crippen molar-refractivity contribution in [2.45, 2.75) is 32.9 Å². The van der Waals surface area contributed by atoms with Gasteiger partial charge in [-0.3, -0.25) is 0 Å². The van der Waals surface area contributed by atoms with Crippen LogP contribution in [0.15, 0.2) is 24.3 Å². The number of rotatable bonds is 5. The summed E-state index contributed by atoms with van der Waals surface area (Å²) in [5.74, 6) is 0. The van der Waals surface area contributed by atoms with E-state index in [1.807, 2.05) is 18.2 Å². The van der Waals surface area contributed by atoms with Crippen LogP contribution in [0, 0.1) is 0 Å². The van der Waals surface area contributed by atoms with Gasteiger partial charge in [-0.15, -0.1) is 0 Å². The number of aryl methyl sites for hydroxylation is 1. The highest BCUT2D eigenvalue weighted by Gasteiger charge is 2.06. The normalized spacial score (nSPS) is 11.9. The zero-order valence-corrected chi connectivity index (χ0v) is 10.4. The number of aliphatic hydroxyl groups excluding tert-OH is 1. The molecule has 0 fully saturated rings. The Labute approximate surface area is 102 Å². The molecule has 4 heteroatoms. The minimum absolute atomic E-state index is 0.0566. The van der Waals surface area contributed by atoms with Crippen molar-refractivity contribution in [3.8, 4) is 0 Å². The maximum Gasteiger partial charge on any atom is 0.315 e. The number of urea groups is 1. The van der Waals surface area contributed by atoms with Gasteiger partial charge < -0.3 is 15.7 Å². The minimum Gasteiger partial charge on any atom is -0.394 e. The topological polar surface area (TPSA) is 61.4 Å². The summed E-state index contributed by atoms with van der Waals surface area (Å²) in [6.07, 6.45) is 0.951. The molecule has 0 bridgehead atoms. The van der Waals surface area contributed by atoms with E-state index >= 15 is 0 Å². The summed E-state index contributed by atoms with van der Waals surface area (Å²) < 4.78 is 0. The van der Waals surface area contributed by atoms with E-state index in [4.69, 9.17) is 5.11 Å². The Morgan fingerprint density at radius 3 is 2.59 bits per heavy atom. The standard InChI is InChI=1S/C13H20N2O2/c1-3-11-6-4-5-7-12(11)8-14-13(17)15-10(2)9-16/h4-7,10,16H,3,8-9H2,1-2H3,(H2,14,15,17). The van der Waals surface area contributed by atoms with Gasteiger partial charge >= 0.3 is 6.03 Å². The molecular weight excluding hydrogens is 216 g/mol. The third-order valence-electron chi connectivity index (χ3n) is 2.59. The molecule has 0 saturated heterocycles. The van der Waals surface area contributed by atoms with E-state index in [0.717, 1.165) is 12.0 Å². The first kappa shape index (κ1) is 13.5. The number of aliphatic hydroxyl groups is 1. The Morgan fingerprint density at radius 2 is 2.00 bits per heavy atom. The maximum absolute atomic E-state index is 11.5. The number of nitrogens with one attached hydrogen (secondary N) is 2. The van der Waals surface area contributed by atoms with Gasteiger partial charge in [0.1, 0.15) is 0 Å². The van der Waals surface area contributed by atoms with Crippen molar-refractivity contribution in [3.63, 3.8) is 0 Å². The van der Waals surface area contributed by atoms with Crippen LogP contribution in [0.1, 0.15) is 25.0 Å². The van der Waals surface area contributed by atoms with Crippen molar-refractivity contribution in [3.05, 3.63) is 35.4 Å². The predicted octanol–water partition coefficient (Wildman–Crippen LogP) is 1.43. The second kappa shape index (κ2) is 6.91. The van der Waals surface area contributed by atoms with Crippen molar-refractivity contribution in [1.29, 1.82) is 0 Å². The molecule has 1 aromatic carbocycles. The molecule has 94 valence electrons. The lowest BCUT2D eigenvalue weighted by molar-refractivity contribution is 0.220. The molecule has 1 aromatic rings. The Balaban J connectivity index is 2.47. The van der Waals surface area contributed by atoms with Crippen LogP contribution in [0.5, 0.6) is 0 Å². The van der Waals surface area contributed by atoms with Crippen molar-refractivity contribution in [2.24, 2.45) is 0 Å². The molecule has 0 radical (unpaired) electrons. The summed E-state index contributed by atoms with van der Waals surface area (Å²) in [4.78, 5) is 11.5. The Morgan fingerprint density at radius 1 is 1.35 bits per heavy atom. The van der Waals surface area contributed by atoms with Crippen LogP contribution in [-0.4, -0.2) is 23.8 Å². The van der Waals surface area contributed by atoms with Crippen molar-refractivity contribution >= 4 is 6.03 Å². The summed E-state index contributed by atoms with van der Waals surface area (Å²) >= 11 is 0. The van der Waals surface area contributed by atoms with E-state index in [9.17, 15) is 4.79 Å². The van der Waals surface area contributed by atoms with Gasteiger partial charge in [-0.25, -0.2) is 4.79 Å². The van der Waals surface area contributed by atoms with Crippen LogP contribution in [0.25, 0.3) is 0 Å². The van der Waals surface area contributed by atoms with Gasteiger partial charge in [0, 0.05) is 6.54 Å². The van der Waals surface area contributed by atoms with E-state index in [-0.39, 0.29) is 18.7 Å². The van der Waals surface area contributed by atoms with E-state index in [0.29, 0.717) is 6.54 Å². The number of amides is 2. The fourth-order valence-corrected chi connectivity index (χ4v) is 1.57. The molecule has 2 amide bonds. The first-order chi connectivity index (χ1) is 8.17. The molecular formula is C13H20N2O2. The first-order valence-electron chi connectivity index (χ1n) is 5.89. The largest absolute Gasteiger partial charge is 0.394 e. The molecule has 0 aliphatic carbocycles.